The van der Waals surface area contributed by atoms with E-state index in [4.69, 9.17) is 0 Å². The van der Waals surface area contributed by atoms with Crippen molar-refractivity contribution in [2.24, 2.45) is 0 Å². The van der Waals surface area contributed by atoms with Crippen LogP contribution in [0.4, 0.5) is 0 Å². The first kappa shape index (κ1) is 8.10. The maximum absolute atomic E-state index is 4.24. The number of fused-ring (bicyclic) bond motifs is 1. The van der Waals surface area contributed by atoms with E-state index in [0.717, 1.165) is 18.5 Å². The summed E-state index contributed by atoms with van der Waals surface area (Å²) in [5.74, 6) is 0. The van der Waals surface area contributed by atoms with Crippen LogP contribution in [0.15, 0.2) is 30.5 Å². The third kappa shape index (κ3) is 1.49. The van der Waals surface area contributed by atoms with Crippen LogP contribution in [0.2, 0.25) is 0 Å². The second-order valence-corrected chi connectivity index (χ2v) is 3.02. The minimum atomic E-state index is 0.950. The fourth-order valence-corrected chi connectivity index (χ4v) is 1.32. The lowest BCUT2D eigenvalue weighted by atomic mass is 10.3. The molecule has 1 N–H and O–H groups in total. The molecule has 1 heterocycles. The van der Waals surface area contributed by atoms with Gasteiger partial charge in [0, 0.05) is 11.9 Å². The summed E-state index contributed by atoms with van der Waals surface area (Å²) in [6.07, 6.45) is 2.98. The fourth-order valence-electron chi connectivity index (χ4n) is 1.32. The van der Waals surface area contributed by atoms with Crippen molar-refractivity contribution in [2.45, 2.75) is 13.3 Å². The molecular weight excluding hydrogens is 162 g/mol. The molecule has 0 aliphatic carbocycles. The zero-order valence-corrected chi connectivity index (χ0v) is 7.70. The highest BCUT2D eigenvalue weighted by Gasteiger charge is 1.98. The summed E-state index contributed by atoms with van der Waals surface area (Å²) >= 11 is 0. The molecule has 3 nitrogen and oxygen atoms in total. The molecule has 68 valence electrons. The van der Waals surface area contributed by atoms with Crippen molar-refractivity contribution >= 4 is 10.9 Å². The van der Waals surface area contributed by atoms with E-state index in [-0.39, 0.29) is 0 Å². The van der Waals surface area contributed by atoms with Crippen molar-refractivity contribution in [3.8, 4) is 0 Å². The Labute approximate surface area is 77.3 Å². The summed E-state index contributed by atoms with van der Waals surface area (Å²) in [6, 6.07) is 8.17. The largest absolute Gasteiger partial charge is 0.309 e. The van der Waals surface area contributed by atoms with Crippen LogP contribution in [0.3, 0.4) is 0 Å². The molecule has 0 spiro atoms. The molecule has 0 saturated heterocycles. The number of aromatic nitrogens is 2. The predicted molar refractivity (Wildman–Crippen MR) is 54.3 cm³/mol. The van der Waals surface area contributed by atoms with Gasteiger partial charge in [-0.3, -0.25) is 0 Å². The zero-order chi connectivity index (χ0) is 9.10. The van der Waals surface area contributed by atoms with Crippen molar-refractivity contribution in [1.82, 2.24) is 9.89 Å². The Kier molecular flexibility index (Phi) is 2.17. The van der Waals surface area contributed by atoms with E-state index in [9.17, 15) is 0 Å². The maximum atomic E-state index is 4.24. The third-order valence-corrected chi connectivity index (χ3v) is 1.99. The molecule has 0 fully saturated rings. The van der Waals surface area contributed by atoms with Crippen molar-refractivity contribution in [2.75, 3.05) is 12.0 Å². The monoisotopic (exact) mass is 175 g/mol. The average Bonchev–Trinajstić information content (AvgIpc) is 2.58. The molecule has 0 amide bonds. The summed E-state index contributed by atoms with van der Waals surface area (Å²) < 4.78 is 0. The highest BCUT2D eigenvalue weighted by atomic mass is 15.5. The van der Waals surface area contributed by atoms with E-state index in [2.05, 4.69) is 29.6 Å². The quantitative estimate of drug-likeness (QED) is 0.773. The molecule has 1 aromatic heterocycles. The molecule has 1 aromatic carbocycles. The van der Waals surface area contributed by atoms with Crippen LogP contribution in [-0.4, -0.2) is 16.4 Å². The van der Waals surface area contributed by atoms with Crippen molar-refractivity contribution in [3.63, 3.8) is 0 Å². The standard InChI is InChI=1S/C10H13N3/c1-2-7-11-13-10-6-4-3-5-9(10)8-12-13/h3-6,8,11H,2,7H2,1H3. The lowest BCUT2D eigenvalue weighted by Crippen LogP contribution is -2.16. The van der Waals surface area contributed by atoms with Gasteiger partial charge in [0.15, 0.2) is 0 Å². The molecule has 0 unspecified atom stereocenters. The van der Waals surface area contributed by atoms with Crippen LogP contribution in [0.25, 0.3) is 10.9 Å². The SMILES string of the molecule is CCCNn1ncc2ccccc21. The van der Waals surface area contributed by atoms with Gasteiger partial charge in [-0.1, -0.05) is 25.1 Å². The molecule has 0 aliphatic rings. The van der Waals surface area contributed by atoms with Crippen LogP contribution in [0.5, 0.6) is 0 Å². The minimum absolute atomic E-state index is 0.950. The Morgan fingerprint density at radius 2 is 2.23 bits per heavy atom. The average molecular weight is 175 g/mol. The van der Waals surface area contributed by atoms with Gasteiger partial charge in [-0.2, -0.15) is 9.89 Å². The number of rotatable bonds is 3. The highest BCUT2D eigenvalue weighted by Crippen LogP contribution is 2.10. The van der Waals surface area contributed by atoms with Gasteiger partial charge >= 0.3 is 0 Å². The summed E-state index contributed by atoms with van der Waals surface area (Å²) in [7, 11) is 0. The van der Waals surface area contributed by atoms with Gasteiger partial charge < -0.3 is 5.43 Å². The normalized spacial score (nSPS) is 10.5. The van der Waals surface area contributed by atoms with Gasteiger partial charge in [0.25, 0.3) is 0 Å². The van der Waals surface area contributed by atoms with Crippen LogP contribution in [0.1, 0.15) is 13.3 Å². The molecule has 0 radical (unpaired) electrons. The zero-order valence-electron chi connectivity index (χ0n) is 7.70. The second kappa shape index (κ2) is 3.47. The Hall–Kier alpha value is -1.51. The van der Waals surface area contributed by atoms with E-state index in [0.29, 0.717) is 0 Å². The van der Waals surface area contributed by atoms with E-state index >= 15 is 0 Å². The Balaban J connectivity index is 2.35. The third-order valence-electron chi connectivity index (χ3n) is 1.99. The summed E-state index contributed by atoms with van der Waals surface area (Å²) in [5.41, 5.74) is 4.36. The Bertz CT molecular complexity index is 392. The Morgan fingerprint density at radius 3 is 3.08 bits per heavy atom. The number of para-hydroxylation sites is 1. The lowest BCUT2D eigenvalue weighted by molar-refractivity contribution is 0.741. The van der Waals surface area contributed by atoms with Gasteiger partial charge in [-0.05, 0) is 12.5 Å². The van der Waals surface area contributed by atoms with Gasteiger partial charge in [-0.15, -0.1) is 0 Å². The van der Waals surface area contributed by atoms with Crippen molar-refractivity contribution in [3.05, 3.63) is 30.5 Å². The number of nitrogens with zero attached hydrogens (tertiary/aromatic N) is 2. The summed E-state index contributed by atoms with van der Waals surface area (Å²) in [5, 5.41) is 5.41. The van der Waals surface area contributed by atoms with E-state index in [1.54, 1.807) is 0 Å². The maximum Gasteiger partial charge on any atom is 0.0918 e. The first-order valence-corrected chi connectivity index (χ1v) is 4.58. The molecule has 3 heteroatoms. The van der Waals surface area contributed by atoms with Gasteiger partial charge in [0.1, 0.15) is 0 Å². The number of nitrogens with one attached hydrogen (secondary N) is 1. The van der Waals surface area contributed by atoms with Gasteiger partial charge in [-0.25, -0.2) is 0 Å². The highest BCUT2D eigenvalue weighted by molar-refractivity contribution is 5.78. The number of hydrogen-bond donors (Lipinski definition) is 1. The molecule has 0 bridgehead atoms. The first-order chi connectivity index (χ1) is 6.42. The van der Waals surface area contributed by atoms with Crippen LogP contribution in [0, 0.1) is 0 Å². The molecular formula is C10H13N3. The molecule has 2 aromatic rings. The van der Waals surface area contributed by atoms with Crippen molar-refractivity contribution in [1.29, 1.82) is 0 Å². The van der Waals surface area contributed by atoms with E-state index in [1.165, 1.54) is 5.39 Å². The number of hydrogen-bond acceptors (Lipinski definition) is 2. The molecule has 13 heavy (non-hydrogen) atoms. The van der Waals surface area contributed by atoms with Gasteiger partial charge in [0.05, 0.1) is 11.7 Å². The number of benzene rings is 1. The topological polar surface area (TPSA) is 29.9 Å². The second-order valence-electron chi connectivity index (χ2n) is 3.02. The molecule has 0 saturated carbocycles. The van der Waals surface area contributed by atoms with Crippen molar-refractivity contribution < 1.29 is 0 Å². The summed E-state index contributed by atoms with van der Waals surface area (Å²) in [6.45, 7) is 3.09. The molecule has 2 rings (SSSR count). The molecule has 0 atom stereocenters. The fraction of sp³-hybridized carbons (Fsp3) is 0.300. The summed E-state index contributed by atoms with van der Waals surface area (Å²) in [4.78, 5) is 1.83. The van der Waals surface area contributed by atoms with Gasteiger partial charge in [0.2, 0.25) is 0 Å². The van der Waals surface area contributed by atoms with Crippen LogP contribution < -0.4 is 5.43 Å². The Morgan fingerprint density at radius 1 is 1.38 bits per heavy atom. The van der Waals surface area contributed by atoms with Crippen LogP contribution >= 0.6 is 0 Å². The molecule has 0 aliphatic heterocycles. The smallest absolute Gasteiger partial charge is 0.0918 e. The van der Waals surface area contributed by atoms with E-state index < -0.39 is 0 Å². The van der Waals surface area contributed by atoms with E-state index in [1.807, 2.05) is 23.1 Å². The predicted octanol–water partition coefficient (Wildman–Crippen LogP) is 1.99. The minimum Gasteiger partial charge on any atom is -0.309 e. The van der Waals surface area contributed by atoms with Crippen LogP contribution in [-0.2, 0) is 0 Å². The lowest BCUT2D eigenvalue weighted by Gasteiger charge is -2.04. The first-order valence-electron chi connectivity index (χ1n) is 4.58.